The Morgan fingerprint density at radius 1 is 1.21 bits per heavy atom. The summed E-state index contributed by atoms with van der Waals surface area (Å²) in [4.78, 5) is 0. The molecule has 2 aromatic rings. The first-order chi connectivity index (χ1) is 6.95. The molecule has 0 amide bonds. The molecule has 3 heteroatoms. The Morgan fingerprint density at radius 2 is 2.21 bits per heavy atom. The SMILES string of the molecule is c1coc(CCNCc2ccoc2)c1. The first-order valence-corrected chi connectivity index (χ1v) is 4.69. The molecule has 2 heterocycles. The molecule has 0 aliphatic heterocycles. The van der Waals surface area contributed by atoms with Crippen LogP contribution >= 0.6 is 0 Å². The summed E-state index contributed by atoms with van der Waals surface area (Å²) in [6.07, 6.45) is 6.06. The fourth-order valence-corrected chi connectivity index (χ4v) is 1.29. The minimum atomic E-state index is 0.844. The lowest BCUT2D eigenvalue weighted by Gasteiger charge is -2.00. The van der Waals surface area contributed by atoms with E-state index in [4.69, 9.17) is 8.83 Å². The molecule has 0 bridgehead atoms. The van der Waals surface area contributed by atoms with Gasteiger partial charge in [-0.2, -0.15) is 0 Å². The van der Waals surface area contributed by atoms with E-state index in [9.17, 15) is 0 Å². The molecular weight excluding hydrogens is 178 g/mol. The second kappa shape index (κ2) is 4.67. The molecule has 0 aliphatic rings. The Morgan fingerprint density at radius 3 is 2.93 bits per heavy atom. The Balaban J connectivity index is 1.65. The van der Waals surface area contributed by atoms with E-state index in [0.717, 1.165) is 25.3 Å². The van der Waals surface area contributed by atoms with Gasteiger partial charge in [-0.25, -0.2) is 0 Å². The van der Waals surface area contributed by atoms with Crippen LogP contribution in [0.15, 0.2) is 45.8 Å². The fourth-order valence-electron chi connectivity index (χ4n) is 1.29. The lowest BCUT2D eigenvalue weighted by atomic mass is 10.3. The molecule has 3 nitrogen and oxygen atoms in total. The van der Waals surface area contributed by atoms with Crippen molar-refractivity contribution in [2.45, 2.75) is 13.0 Å². The van der Waals surface area contributed by atoms with Gasteiger partial charge in [-0.1, -0.05) is 0 Å². The fraction of sp³-hybridized carbons (Fsp3) is 0.273. The van der Waals surface area contributed by atoms with E-state index < -0.39 is 0 Å². The third kappa shape index (κ3) is 2.50. The normalized spacial score (nSPS) is 10.6. The molecule has 0 unspecified atom stereocenters. The molecule has 0 aliphatic carbocycles. The summed E-state index contributed by atoms with van der Waals surface area (Å²) in [5.41, 5.74) is 1.17. The van der Waals surface area contributed by atoms with Crippen LogP contribution < -0.4 is 5.32 Å². The van der Waals surface area contributed by atoms with Crippen LogP contribution in [0.4, 0.5) is 0 Å². The van der Waals surface area contributed by atoms with E-state index in [1.807, 2.05) is 18.2 Å². The average Bonchev–Trinajstić information content (AvgIpc) is 2.86. The molecule has 14 heavy (non-hydrogen) atoms. The van der Waals surface area contributed by atoms with Crippen LogP contribution in [0, 0.1) is 0 Å². The van der Waals surface area contributed by atoms with Crippen molar-refractivity contribution in [3.8, 4) is 0 Å². The van der Waals surface area contributed by atoms with E-state index >= 15 is 0 Å². The quantitative estimate of drug-likeness (QED) is 0.736. The van der Waals surface area contributed by atoms with Gasteiger partial charge in [0.1, 0.15) is 5.76 Å². The van der Waals surface area contributed by atoms with E-state index in [1.165, 1.54) is 5.56 Å². The molecule has 0 spiro atoms. The first kappa shape index (κ1) is 9.09. The predicted molar refractivity (Wildman–Crippen MR) is 52.8 cm³/mol. The molecule has 2 rings (SSSR count). The maximum atomic E-state index is 5.21. The predicted octanol–water partition coefficient (Wildman–Crippen LogP) is 2.20. The van der Waals surface area contributed by atoms with Crippen LogP contribution in [0.2, 0.25) is 0 Å². The standard InChI is InChI=1S/C11H13NO2/c1-2-11(14-6-1)3-5-12-8-10-4-7-13-9-10/h1-2,4,6-7,9,12H,3,5,8H2. The number of furan rings is 2. The maximum Gasteiger partial charge on any atom is 0.105 e. The summed E-state index contributed by atoms with van der Waals surface area (Å²) < 4.78 is 10.2. The Bertz CT molecular complexity index is 301. The Kier molecular flexibility index (Phi) is 3.03. The minimum Gasteiger partial charge on any atom is -0.472 e. The van der Waals surface area contributed by atoms with Crippen molar-refractivity contribution in [2.75, 3.05) is 6.54 Å². The summed E-state index contributed by atoms with van der Waals surface area (Å²) in [5.74, 6) is 1.02. The molecule has 0 aromatic carbocycles. The van der Waals surface area contributed by atoms with Crippen LogP contribution in [0.25, 0.3) is 0 Å². The molecule has 0 saturated carbocycles. The monoisotopic (exact) mass is 191 g/mol. The van der Waals surface area contributed by atoms with Gasteiger partial charge in [-0.05, 0) is 18.2 Å². The number of hydrogen-bond donors (Lipinski definition) is 1. The van der Waals surface area contributed by atoms with Crippen molar-refractivity contribution < 1.29 is 8.83 Å². The molecule has 0 atom stereocenters. The molecule has 74 valence electrons. The highest BCUT2D eigenvalue weighted by molar-refractivity contribution is 5.04. The smallest absolute Gasteiger partial charge is 0.105 e. The minimum absolute atomic E-state index is 0.844. The Labute approximate surface area is 82.7 Å². The summed E-state index contributed by atoms with van der Waals surface area (Å²) in [5, 5.41) is 3.31. The molecular formula is C11H13NO2. The van der Waals surface area contributed by atoms with Crippen LogP contribution in [-0.2, 0) is 13.0 Å². The van der Waals surface area contributed by atoms with Crippen molar-refractivity contribution >= 4 is 0 Å². The zero-order valence-corrected chi connectivity index (χ0v) is 7.90. The zero-order valence-electron chi connectivity index (χ0n) is 7.90. The van der Waals surface area contributed by atoms with Gasteiger partial charge < -0.3 is 14.2 Å². The average molecular weight is 191 g/mol. The molecule has 0 radical (unpaired) electrons. The lowest BCUT2D eigenvalue weighted by Crippen LogP contribution is -2.15. The second-order valence-electron chi connectivity index (χ2n) is 3.14. The van der Waals surface area contributed by atoms with Gasteiger partial charge in [0.2, 0.25) is 0 Å². The molecule has 0 saturated heterocycles. The summed E-state index contributed by atoms with van der Waals surface area (Å²) in [7, 11) is 0. The maximum absolute atomic E-state index is 5.21. The van der Waals surface area contributed by atoms with Gasteiger partial charge in [-0.15, -0.1) is 0 Å². The molecule has 1 N–H and O–H groups in total. The molecule has 0 fully saturated rings. The van der Waals surface area contributed by atoms with Gasteiger partial charge in [0.15, 0.2) is 0 Å². The van der Waals surface area contributed by atoms with Crippen LogP contribution in [0.1, 0.15) is 11.3 Å². The van der Waals surface area contributed by atoms with E-state index in [0.29, 0.717) is 0 Å². The van der Waals surface area contributed by atoms with E-state index in [1.54, 1.807) is 18.8 Å². The summed E-state index contributed by atoms with van der Waals surface area (Å²) >= 11 is 0. The summed E-state index contributed by atoms with van der Waals surface area (Å²) in [6, 6.07) is 5.85. The molecule has 2 aromatic heterocycles. The largest absolute Gasteiger partial charge is 0.472 e. The van der Waals surface area contributed by atoms with Gasteiger partial charge in [0.25, 0.3) is 0 Å². The third-order valence-corrected chi connectivity index (χ3v) is 2.04. The van der Waals surface area contributed by atoms with Crippen molar-refractivity contribution in [1.29, 1.82) is 0 Å². The van der Waals surface area contributed by atoms with E-state index in [2.05, 4.69) is 5.32 Å². The third-order valence-electron chi connectivity index (χ3n) is 2.04. The number of rotatable bonds is 5. The van der Waals surface area contributed by atoms with Gasteiger partial charge in [0.05, 0.1) is 18.8 Å². The van der Waals surface area contributed by atoms with Gasteiger partial charge in [-0.3, -0.25) is 0 Å². The topological polar surface area (TPSA) is 38.3 Å². The van der Waals surface area contributed by atoms with Crippen molar-refractivity contribution in [2.24, 2.45) is 0 Å². The number of hydrogen-bond acceptors (Lipinski definition) is 3. The van der Waals surface area contributed by atoms with Gasteiger partial charge >= 0.3 is 0 Å². The Hall–Kier alpha value is -1.48. The summed E-state index contributed by atoms with van der Waals surface area (Å²) in [6.45, 7) is 1.76. The van der Waals surface area contributed by atoms with Crippen molar-refractivity contribution in [1.82, 2.24) is 5.32 Å². The number of nitrogens with one attached hydrogen (secondary N) is 1. The second-order valence-corrected chi connectivity index (χ2v) is 3.14. The van der Waals surface area contributed by atoms with Gasteiger partial charge in [0, 0.05) is 25.1 Å². The van der Waals surface area contributed by atoms with Crippen LogP contribution in [0.3, 0.4) is 0 Å². The van der Waals surface area contributed by atoms with Crippen LogP contribution in [0.5, 0.6) is 0 Å². The zero-order chi connectivity index (χ0) is 9.64. The van der Waals surface area contributed by atoms with Crippen LogP contribution in [-0.4, -0.2) is 6.54 Å². The first-order valence-electron chi connectivity index (χ1n) is 4.69. The lowest BCUT2D eigenvalue weighted by molar-refractivity contribution is 0.498. The highest BCUT2D eigenvalue weighted by Gasteiger charge is 1.96. The van der Waals surface area contributed by atoms with Crippen molar-refractivity contribution in [3.63, 3.8) is 0 Å². The van der Waals surface area contributed by atoms with Crippen molar-refractivity contribution in [3.05, 3.63) is 48.3 Å². The highest BCUT2D eigenvalue weighted by Crippen LogP contribution is 2.01. The highest BCUT2D eigenvalue weighted by atomic mass is 16.3. The van der Waals surface area contributed by atoms with E-state index in [-0.39, 0.29) is 0 Å².